The smallest absolute Gasteiger partial charge is 0.305 e. The Bertz CT molecular complexity index is 707. The largest absolute Gasteiger partial charge is 0.312 e. The molecule has 90 valence electrons. The lowest BCUT2D eigenvalue weighted by atomic mass is 10.2. The van der Waals surface area contributed by atoms with Crippen LogP contribution in [-0.4, -0.2) is 4.98 Å². The first-order chi connectivity index (χ1) is 8.72. The Morgan fingerprint density at radius 1 is 1.22 bits per heavy atom. The number of rotatable bonds is 0. The third-order valence-electron chi connectivity index (χ3n) is 3.13. The van der Waals surface area contributed by atoms with Gasteiger partial charge in [0.25, 0.3) is 0 Å². The number of fused-ring (bicyclic) bond motifs is 3. The highest BCUT2D eigenvalue weighted by atomic mass is 32.1. The van der Waals surface area contributed by atoms with Crippen molar-refractivity contribution in [1.82, 2.24) is 4.98 Å². The van der Waals surface area contributed by atoms with E-state index in [4.69, 9.17) is 0 Å². The van der Waals surface area contributed by atoms with E-state index in [2.05, 4.69) is 30.1 Å². The standard InChI is InChI=1S/C8H8.C7H5NOS/c1-6-4-7-2-3-8(6)5-7;9-7-8-5-3-1-2-4-6(5)10-7/h2-4H,5H2,1H3;1-4H,(H,8,9). The maximum atomic E-state index is 10.8. The Kier molecular flexibility index (Phi) is 2.76. The molecule has 1 N–H and O–H groups in total. The van der Waals surface area contributed by atoms with Gasteiger partial charge in [-0.2, -0.15) is 0 Å². The Labute approximate surface area is 109 Å². The van der Waals surface area contributed by atoms with Crippen molar-refractivity contribution in [3.63, 3.8) is 0 Å². The average molecular weight is 255 g/mol. The predicted octanol–water partition coefficient (Wildman–Crippen LogP) is 3.79. The summed E-state index contributed by atoms with van der Waals surface area (Å²) < 4.78 is 1.02. The van der Waals surface area contributed by atoms with Crippen LogP contribution >= 0.6 is 11.3 Å². The van der Waals surface area contributed by atoms with Crippen molar-refractivity contribution >= 4 is 21.6 Å². The number of aromatic amines is 1. The minimum absolute atomic E-state index is 0.0150. The fourth-order valence-electron chi connectivity index (χ4n) is 2.18. The van der Waals surface area contributed by atoms with Crippen molar-refractivity contribution in [2.24, 2.45) is 0 Å². The molecule has 1 aromatic heterocycles. The molecule has 0 saturated carbocycles. The van der Waals surface area contributed by atoms with Crippen molar-refractivity contribution in [1.29, 1.82) is 0 Å². The molecule has 0 aliphatic heterocycles. The van der Waals surface area contributed by atoms with Crippen molar-refractivity contribution in [2.45, 2.75) is 13.3 Å². The Morgan fingerprint density at radius 2 is 2.06 bits per heavy atom. The molecule has 0 amide bonds. The molecule has 1 heterocycles. The van der Waals surface area contributed by atoms with Gasteiger partial charge in [0.05, 0.1) is 10.2 Å². The normalized spacial score (nSPS) is 15.9. The van der Waals surface area contributed by atoms with Crippen LogP contribution in [0.15, 0.2) is 64.0 Å². The quantitative estimate of drug-likeness (QED) is 0.763. The van der Waals surface area contributed by atoms with Crippen LogP contribution in [0.5, 0.6) is 0 Å². The van der Waals surface area contributed by atoms with Crippen molar-refractivity contribution in [3.8, 4) is 0 Å². The topological polar surface area (TPSA) is 32.9 Å². The van der Waals surface area contributed by atoms with Crippen molar-refractivity contribution < 1.29 is 0 Å². The summed E-state index contributed by atoms with van der Waals surface area (Å²) in [6.45, 7) is 2.17. The van der Waals surface area contributed by atoms with E-state index in [-0.39, 0.29) is 4.87 Å². The van der Waals surface area contributed by atoms with Gasteiger partial charge >= 0.3 is 4.87 Å². The van der Waals surface area contributed by atoms with Gasteiger partial charge in [-0.05, 0) is 42.2 Å². The van der Waals surface area contributed by atoms with E-state index in [0.717, 1.165) is 10.2 Å². The Balaban J connectivity index is 0.000000114. The van der Waals surface area contributed by atoms with E-state index < -0.39 is 0 Å². The molecule has 0 spiro atoms. The second-order valence-corrected chi connectivity index (χ2v) is 5.46. The van der Waals surface area contributed by atoms with Crippen LogP contribution in [0.4, 0.5) is 0 Å². The zero-order valence-electron chi connectivity index (χ0n) is 10.1. The van der Waals surface area contributed by atoms with Gasteiger partial charge in [-0.1, -0.05) is 41.7 Å². The minimum Gasteiger partial charge on any atom is -0.312 e. The zero-order chi connectivity index (χ0) is 12.5. The molecule has 0 radical (unpaired) electrons. The first-order valence-electron chi connectivity index (χ1n) is 5.88. The SMILES string of the molecule is CC1=C2C=CC(=C1)C2.O=c1[nH]c2ccccc2s1. The molecule has 18 heavy (non-hydrogen) atoms. The molecule has 3 heteroatoms. The number of H-pyrrole nitrogens is 1. The van der Waals surface area contributed by atoms with E-state index >= 15 is 0 Å². The van der Waals surface area contributed by atoms with Gasteiger partial charge in [-0.15, -0.1) is 0 Å². The molecule has 2 aromatic rings. The molecule has 0 fully saturated rings. The van der Waals surface area contributed by atoms with Gasteiger partial charge in [0.15, 0.2) is 0 Å². The lowest BCUT2D eigenvalue weighted by Gasteiger charge is -1.89. The highest BCUT2D eigenvalue weighted by molar-refractivity contribution is 7.16. The van der Waals surface area contributed by atoms with E-state index in [1.165, 1.54) is 34.5 Å². The Morgan fingerprint density at radius 3 is 2.61 bits per heavy atom. The summed E-state index contributed by atoms with van der Waals surface area (Å²) in [5.41, 5.74) is 5.39. The summed E-state index contributed by atoms with van der Waals surface area (Å²) in [6.07, 6.45) is 7.87. The third-order valence-corrected chi connectivity index (χ3v) is 3.99. The number of aromatic nitrogens is 1. The lowest BCUT2D eigenvalue weighted by molar-refractivity contribution is 1.30. The molecule has 2 bridgehead atoms. The predicted molar refractivity (Wildman–Crippen MR) is 77.0 cm³/mol. The average Bonchev–Trinajstić information content (AvgIpc) is 3.02. The van der Waals surface area contributed by atoms with E-state index in [1.807, 2.05) is 24.3 Å². The first kappa shape index (κ1) is 11.2. The van der Waals surface area contributed by atoms with Gasteiger partial charge in [0.1, 0.15) is 0 Å². The monoisotopic (exact) mass is 255 g/mol. The van der Waals surface area contributed by atoms with Gasteiger partial charge in [0.2, 0.25) is 0 Å². The van der Waals surface area contributed by atoms with Crippen LogP contribution in [0.1, 0.15) is 13.3 Å². The van der Waals surface area contributed by atoms with Crippen LogP contribution in [-0.2, 0) is 0 Å². The van der Waals surface area contributed by atoms with Crippen LogP contribution in [0.3, 0.4) is 0 Å². The molecule has 0 unspecified atom stereocenters. The molecule has 2 aliphatic rings. The third kappa shape index (κ3) is 2.09. The molecule has 2 aliphatic carbocycles. The number of nitrogens with one attached hydrogen (secondary N) is 1. The van der Waals surface area contributed by atoms with Crippen LogP contribution in [0.2, 0.25) is 0 Å². The van der Waals surface area contributed by atoms with E-state index in [1.54, 1.807) is 0 Å². The van der Waals surface area contributed by atoms with Gasteiger partial charge in [-0.25, -0.2) is 0 Å². The van der Waals surface area contributed by atoms with Gasteiger partial charge in [0, 0.05) is 0 Å². The summed E-state index contributed by atoms with van der Waals surface area (Å²) in [5.74, 6) is 0. The number of para-hydroxylation sites is 1. The molecule has 0 saturated heterocycles. The second-order valence-electron chi connectivity index (χ2n) is 4.45. The Hall–Kier alpha value is -1.87. The summed E-state index contributed by atoms with van der Waals surface area (Å²) in [7, 11) is 0. The minimum atomic E-state index is 0.0150. The number of thiazole rings is 1. The highest BCUT2D eigenvalue weighted by Crippen LogP contribution is 2.32. The summed E-state index contributed by atoms with van der Waals surface area (Å²) in [5, 5.41) is 0. The molecule has 4 rings (SSSR count). The van der Waals surface area contributed by atoms with Crippen LogP contribution in [0.25, 0.3) is 10.2 Å². The van der Waals surface area contributed by atoms with Gasteiger partial charge < -0.3 is 4.98 Å². The van der Waals surface area contributed by atoms with Crippen LogP contribution in [0, 0.1) is 0 Å². The molecule has 0 atom stereocenters. The highest BCUT2D eigenvalue weighted by Gasteiger charge is 2.13. The first-order valence-corrected chi connectivity index (χ1v) is 6.70. The molecule has 1 aromatic carbocycles. The number of hydrogen-bond donors (Lipinski definition) is 1. The number of hydrogen-bond acceptors (Lipinski definition) is 2. The summed E-state index contributed by atoms with van der Waals surface area (Å²) in [4.78, 5) is 13.5. The van der Waals surface area contributed by atoms with E-state index in [0.29, 0.717) is 0 Å². The van der Waals surface area contributed by atoms with Crippen molar-refractivity contribution in [2.75, 3.05) is 0 Å². The van der Waals surface area contributed by atoms with E-state index in [9.17, 15) is 4.79 Å². The maximum absolute atomic E-state index is 10.8. The summed E-state index contributed by atoms with van der Waals surface area (Å²) in [6, 6.07) is 7.65. The maximum Gasteiger partial charge on any atom is 0.305 e. The zero-order valence-corrected chi connectivity index (χ0v) is 10.9. The second kappa shape index (κ2) is 4.42. The molecular weight excluding hydrogens is 242 g/mol. The fourth-order valence-corrected chi connectivity index (χ4v) is 2.92. The summed E-state index contributed by atoms with van der Waals surface area (Å²) >= 11 is 1.24. The fraction of sp³-hybridized carbons (Fsp3) is 0.133. The molecular formula is C15H13NOS. The van der Waals surface area contributed by atoms with Crippen molar-refractivity contribution in [3.05, 3.63) is 68.9 Å². The molecule has 2 nitrogen and oxygen atoms in total. The lowest BCUT2D eigenvalue weighted by Crippen LogP contribution is -1.89. The van der Waals surface area contributed by atoms with Crippen LogP contribution < -0.4 is 4.87 Å². The number of allylic oxidation sites excluding steroid dienone is 6. The number of benzene rings is 1. The van der Waals surface area contributed by atoms with Gasteiger partial charge in [-0.3, -0.25) is 4.79 Å².